The summed E-state index contributed by atoms with van der Waals surface area (Å²) in [5, 5.41) is 11.4. The van der Waals surface area contributed by atoms with Gasteiger partial charge in [0.25, 0.3) is 0 Å². The van der Waals surface area contributed by atoms with Crippen molar-refractivity contribution in [2.75, 3.05) is 18.4 Å². The van der Waals surface area contributed by atoms with Crippen molar-refractivity contribution in [1.82, 2.24) is 20.9 Å². The van der Waals surface area contributed by atoms with Crippen molar-refractivity contribution in [3.63, 3.8) is 0 Å². The van der Waals surface area contributed by atoms with Crippen molar-refractivity contribution in [3.8, 4) is 5.75 Å². The summed E-state index contributed by atoms with van der Waals surface area (Å²) in [5.74, 6) is -3.26. The molecule has 3 aliphatic rings. The summed E-state index contributed by atoms with van der Waals surface area (Å²) in [4.78, 5) is 40.4. The predicted molar refractivity (Wildman–Crippen MR) is 110 cm³/mol. The fraction of sp³-hybridized carbons (Fsp3) is 0.571. The molecule has 0 aliphatic carbocycles. The van der Waals surface area contributed by atoms with Gasteiger partial charge in [0.05, 0.1) is 18.0 Å². The summed E-state index contributed by atoms with van der Waals surface area (Å²) in [5.41, 5.74) is 0.0636. The SMILES string of the molecule is CC1CCCN(C2NC(=O)C3C(NC(=O)CC3C(=O)Nc3cccc(OC(F)(F)F)c3)N2)C1. The molecule has 1 aromatic rings. The Morgan fingerprint density at radius 2 is 2.03 bits per heavy atom. The van der Waals surface area contributed by atoms with Crippen LogP contribution >= 0.6 is 0 Å². The molecule has 0 bridgehead atoms. The number of ether oxygens (including phenoxy) is 1. The van der Waals surface area contributed by atoms with Gasteiger partial charge in [-0.15, -0.1) is 13.2 Å². The lowest BCUT2D eigenvalue weighted by Gasteiger charge is -2.47. The quantitative estimate of drug-likeness (QED) is 0.530. The first-order valence-corrected chi connectivity index (χ1v) is 10.9. The summed E-state index contributed by atoms with van der Waals surface area (Å²) in [6, 6.07) is 4.83. The number of hydrogen-bond acceptors (Lipinski definition) is 6. The van der Waals surface area contributed by atoms with Crippen molar-refractivity contribution in [1.29, 1.82) is 0 Å². The lowest BCUT2D eigenvalue weighted by Crippen LogP contribution is -2.74. The second-order valence-electron chi connectivity index (χ2n) is 8.77. The molecule has 0 saturated carbocycles. The van der Waals surface area contributed by atoms with Gasteiger partial charge in [-0.2, -0.15) is 0 Å². The maximum atomic E-state index is 13.0. The Labute approximate surface area is 188 Å². The number of nitrogens with zero attached hydrogens (tertiary/aromatic N) is 1. The summed E-state index contributed by atoms with van der Waals surface area (Å²) in [6.45, 7) is 3.73. The van der Waals surface area contributed by atoms with Gasteiger partial charge in [-0.1, -0.05) is 13.0 Å². The molecule has 180 valence electrons. The molecule has 3 saturated heterocycles. The number of likely N-dealkylation sites (tertiary alicyclic amines) is 1. The van der Waals surface area contributed by atoms with E-state index in [1.54, 1.807) is 0 Å². The van der Waals surface area contributed by atoms with Gasteiger partial charge >= 0.3 is 6.36 Å². The van der Waals surface area contributed by atoms with E-state index in [2.05, 4.69) is 37.8 Å². The van der Waals surface area contributed by atoms with Crippen LogP contribution in [-0.2, 0) is 14.4 Å². The number of carbonyl (C=O) groups excluding carboxylic acids is 3. The predicted octanol–water partition coefficient (Wildman–Crippen LogP) is 1.34. The minimum atomic E-state index is -4.87. The van der Waals surface area contributed by atoms with Crippen LogP contribution in [0.1, 0.15) is 26.2 Å². The Bertz CT molecular complexity index is 927. The first-order chi connectivity index (χ1) is 15.6. The molecular weight excluding hydrogens is 443 g/mol. The molecular formula is C21H26F3N5O4. The van der Waals surface area contributed by atoms with Crippen LogP contribution in [0.2, 0.25) is 0 Å². The molecule has 3 amide bonds. The number of carbonyl (C=O) groups is 3. The summed E-state index contributed by atoms with van der Waals surface area (Å²) >= 11 is 0. The van der Waals surface area contributed by atoms with E-state index in [1.165, 1.54) is 12.1 Å². The summed E-state index contributed by atoms with van der Waals surface area (Å²) < 4.78 is 41.3. The van der Waals surface area contributed by atoms with Gasteiger partial charge in [-0.25, -0.2) is 0 Å². The van der Waals surface area contributed by atoms with Crippen molar-refractivity contribution < 1.29 is 32.3 Å². The average Bonchev–Trinajstić information content (AvgIpc) is 2.71. The Hall–Kier alpha value is -2.86. The molecule has 0 spiro atoms. The van der Waals surface area contributed by atoms with Crippen molar-refractivity contribution >= 4 is 23.4 Å². The van der Waals surface area contributed by atoms with E-state index in [4.69, 9.17) is 0 Å². The first-order valence-electron chi connectivity index (χ1n) is 10.9. The van der Waals surface area contributed by atoms with E-state index in [-0.39, 0.29) is 18.0 Å². The van der Waals surface area contributed by atoms with Gasteiger partial charge in [0.15, 0.2) is 0 Å². The van der Waals surface area contributed by atoms with Crippen LogP contribution in [-0.4, -0.2) is 54.5 Å². The third kappa shape index (κ3) is 5.56. The number of anilines is 1. The molecule has 4 rings (SSSR count). The highest BCUT2D eigenvalue weighted by Gasteiger charge is 2.49. The van der Waals surface area contributed by atoms with Crippen molar-refractivity contribution in [2.45, 2.75) is 45.0 Å². The van der Waals surface area contributed by atoms with Gasteiger partial charge in [0.1, 0.15) is 12.0 Å². The van der Waals surface area contributed by atoms with E-state index >= 15 is 0 Å². The second kappa shape index (κ2) is 9.18. The lowest BCUT2D eigenvalue weighted by atomic mass is 9.81. The number of piperidine rings is 2. The highest BCUT2D eigenvalue weighted by molar-refractivity contribution is 6.00. The number of alkyl halides is 3. The average molecular weight is 469 g/mol. The van der Waals surface area contributed by atoms with Gasteiger partial charge < -0.3 is 20.7 Å². The smallest absolute Gasteiger partial charge is 0.406 e. The fourth-order valence-corrected chi connectivity index (χ4v) is 4.72. The maximum Gasteiger partial charge on any atom is 0.573 e. The van der Waals surface area contributed by atoms with Crippen LogP contribution in [0, 0.1) is 17.8 Å². The monoisotopic (exact) mass is 469 g/mol. The lowest BCUT2D eigenvalue weighted by molar-refractivity contribution is -0.274. The van der Waals surface area contributed by atoms with E-state index < -0.39 is 48.2 Å². The number of hydrogen-bond donors (Lipinski definition) is 4. The van der Waals surface area contributed by atoms with Crippen molar-refractivity contribution in [3.05, 3.63) is 24.3 Å². The largest absolute Gasteiger partial charge is 0.573 e. The molecule has 9 nitrogen and oxygen atoms in total. The molecule has 12 heteroatoms. The zero-order valence-electron chi connectivity index (χ0n) is 17.9. The standard InChI is InChI=1S/C21H26F3N5O4/c1-11-4-3-7-29(10-11)20-27-17-16(19(32)28-20)14(9-15(30)26-17)18(31)25-12-5-2-6-13(8-12)33-21(22,23)24/h2,5-6,8,11,14,16-17,20,27H,3-4,7,9-10H2,1H3,(H,25,31)(H,26,30)(H,28,32). The number of fused-ring (bicyclic) bond motifs is 1. The second-order valence-corrected chi connectivity index (χ2v) is 8.77. The van der Waals surface area contributed by atoms with Crippen molar-refractivity contribution in [2.24, 2.45) is 17.8 Å². The van der Waals surface area contributed by atoms with Crippen LogP contribution in [0.5, 0.6) is 5.75 Å². The van der Waals surface area contributed by atoms with Crippen LogP contribution < -0.4 is 26.0 Å². The third-order valence-corrected chi connectivity index (χ3v) is 6.16. The Morgan fingerprint density at radius 3 is 2.76 bits per heavy atom. The Balaban J connectivity index is 1.46. The molecule has 5 atom stereocenters. The maximum absolute atomic E-state index is 13.0. The molecule has 3 heterocycles. The van der Waals surface area contributed by atoms with Crippen LogP contribution in [0.4, 0.5) is 18.9 Å². The molecule has 1 aromatic carbocycles. The van der Waals surface area contributed by atoms with Gasteiger partial charge in [-0.05, 0) is 30.9 Å². The fourth-order valence-electron chi connectivity index (χ4n) is 4.72. The molecule has 3 fully saturated rings. The van der Waals surface area contributed by atoms with E-state index in [9.17, 15) is 27.6 Å². The number of halogens is 3. The zero-order valence-corrected chi connectivity index (χ0v) is 17.9. The van der Waals surface area contributed by atoms with Crippen LogP contribution in [0.25, 0.3) is 0 Å². The summed E-state index contributed by atoms with van der Waals surface area (Å²) in [7, 11) is 0. The molecule has 0 radical (unpaired) electrons. The van der Waals surface area contributed by atoms with Gasteiger partial charge in [0, 0.05) is 31.3 Å². The highest BCUT2D eigenvalue weighted by Crippen LogP contribution is 2.30. The van der Waals surface area contributed by atoms with E-state index in [0.29, 0.717) is 5.92 Å². The number of nitrogens with one attached hydrogen (secondary N) is 4. The Morgan fingerprint density at radius 1 is 1.24 bits per heavy atom. The molecule has 5 unspecified atom stereocenters. The summed E-state index contributed by atoms with van der Waals surface area (Å²) in [6.07, 6.45) is -4.18. The van der Waals surface area contributed by atoms with Crippen LogP contribution in [0.3, 0.4) is 0 Å². The topological polar surface area (TPSA) is 112 Å². The highest BCUT2D eigenvalue weighted by atomic mass is 19.4. The normalized spacial score (nSPS) is 30.6. The van der Waals surface area contributed by atoms with E-state index in [1.807, 2.05) is 0 Å². The first kappa shape index (κ1) is 23.3. The molecule has 4 N–H and O–H groups in total. The minimum absolute atomic E-state index is 0.0636. The third-order valence-electron chi connectivity index (χ3n) is 6.16. The number of benzene rings is 1. The Kier molecular flexibility index (Phi) is 6.48. The minimum Gasteiger partial charge on any atom is -0.406 e. The molecule has 0 aromatic heterocycles. The van der Waals surface area contributed by atoms with E-state index in [0.717, 1.165) is 38.1 Å². The zero-order chi connectivity index (χ0) is 23.8. The van der Waals surface area contributed by atoms with Gasteiger partial charge in [0.2, 0.25) is 17.7 Å². The number of rotatable bonds is 4. The molecule has 3 aliphatic heterocycles. The van der Waals surface area contributed by atoms with Gasteiger partial charge in [-0.3, -0.25) is 24.6 Å². The molecule has 33 heavy (non-hydrogen) atoms. The van der Waals surface area contributed by atoms with Crippen LogP contribution in [0.15, 0.2) is 24.3 Å². The number of amides is 3.